The highest BCUT2D eigenvalue weighted by Gasteiger charge is 2.30. The molecule has 2 aromatic rings. The molecule has 1 saturated carbocycles. The summed E-state index contributed by atoms with van der Waals surface area (Å²) >= 11 is 0. The number of hydrogen-bond acceptors (Lipinski definition) is 4. The van der Waals surface area contributed by atoms with Gasteiger partial charge in [-0.2, -0.15) is 0 Å². The average molecular weight is 232 g/mol. The highest BCUT2D eigenvalue weighted by atomic mass is 16.3. The van der Waals surface area contributed by atoms with Crippen LogP contribution in [0.2, 0.25) is 0 Å². The van der Waals surface area contributed by atoms with Gasteiger partial charge < -0.3 is 20.7 Å². The van der Waals surface area contributed by atoms with E-state index >= 15 is 0 Å². The number of rotatable bonds is 4. The van der Waals surface area contributed by atoms with E-state index in [9.17, 15) is 0 Å². The number of aliphatic hydroxyl groups is 1. The number of hydrogen-bond donors (Lipinski definition) is 3. The number of anilines is 2. The Morgan fingerprint density at radius 1 is 1.47 bits per heavy atom. The molecular weight excluding hydrogens is 216 g/mol. The van der Waals surface area contributed by atoms with E-state index in [-0.39, 0.29) is 6.61 Å². The van der Waals surface area contributed by atoms with Crippen molar-refractivity contribution in [1.82, 2.24) is 9.97 Å². The van der Waals surface area contributed by atoms with E-state index in [0.29, 0.717) is 12.6 Å². The highest BCUT2D eigenvalue weighted by Crippen LogP contribution is 2.31. The number of aliphatic hydroxyl groups excluding tert-OH is 1. The van der Waals surface area contributed by atoms with Gasteiger partial charge in [-0.25, -0.2) is 4.98 Å². The Balaban J connectivity index is 1.98. The van der Waals surface area contributed by atoms with E-state index in [0.717, 1.165) is 22.7 Å². The predicted molar refractivity (Wildman–Crippen MR) is 68.0 cm³/mol. The van der Waals surface area contributed by atoms with Crippen LogP contribution in [0, 0.1) is 0 Å². The molecule has 0 amide bonds. The molecule has 1 heterocycles. The number of H-pyrrole nitrogens is 1. The molecule has 0 atom stereocenters. The van der Waals surface area contributed by atoms with Crippen molar-refractivity contribution in [1.29, 1.82) is 0 Å². The molecule has 17 heavy (non-hydrogen) atoms. The number of aromatic nitrogens is 2. The number of nitrogens with two attached hydrogens (primary N) is 1. The van der Waals surface area contributed by atoms with Crippen molar-refractivity contribution < 1.29 is 5.11 Å². The minimum absolute atomic E-state index is 0.148. The largest absolute Gasteiger partial charge is 0.399 e. The molecule has 90 valence electrons. The molecule has 1 aromatic carbocycles. The van der Waals surface area contributed by atoms with Gasteiger partial charge in [-0.1, -0.05) is 0 Å². The molecule has 4 N–H and O–H groups in total. The molecule has 0 unspecified atom stereocenters. The quantitative estimate of drug-likeness (QED) is 0.690. The first-order valence-electron chi connectivity index (χ1n) is 5.90. The number of benzene rings is 1. The fraction of sp³-hybridized carbons (Fsp3) is 0.417. The summed E-state index contributed by atoms with van der Waals surface area (Å²) in [5, 5.41) is 9.09. The van der Waals surface area contributed by atoms with Crippen molar-refractivity contribution in [3.05, 3.63) is 18.2 Å². The van der Waals surface area contributed by atoms with Gasteiger partial charge in [0.15, 0.2) is 0 Å². The molecule has 3 rings (SSSR count). The topological polar surface area (TPSA) is 78.2 Å². The van der Waals surface area contributed by atoms with Crippen molar-refractivity contribution >= 4 is 22.7 Å². The monoisotopic (exact) mass is 232 g/mol. The number of imidazole rings is 1. The molecule has 1 aromatic heterocycles. The van der Waals surface area contributed by atoms with Crippen LogP contribution in [0.25, 0.3) is 11.0 Å². The van der Waals surface area contributed by atoms with Crippen LogP contribution >= 0.6 is 0 Å². The van der Waals surface area contributed by atoms with Crippen LogP contribution in [0.5, 0.6) is 0 Å². The van der Waals surface area contributed by atoms with Gasteiger partial charge in [0, 0.05) is 18.3 Å². The van der Waals surface area contributed by atoms with Gasteiger partial charge in [-0.15, -0.1) is 0 Å². The molecule has 1 aliphatic rings. The van der Waals surface area contributed by atoms with E-state index in [1.165, 1.54) is 12.8 Å². The smallest absolute Gasteiger partial charge is 0.204 e. The number of nitrogens with one attached hydrogen (secondary N) is 1. The van der Waals surface area contributed by atoms with Crippen LogP contribution in [-0.4, -0.2) is 34.3 Å². The summed E-state index contributed by atoms with van der Waals surface area (Å²) in [5.41, 5.74) is 8.33. The van der Waals surface area contributed by atoms with Crippen molar-refractivity contribution in [3.63, 3.8) is 0 Å². The standard InChI is InChI=1S/C12H16N4O/c13-8-1-4-10-11(7-8)15-12(14-10)16(5-6-17)9-2-3-9/h1,4,7,9,17H,2-3,5-6,13H2,(H,14,15). The van der Waals surface area contributed by atoms with E-state index in [1.807, 2.05) is 18.2 Å². The minimum atomic E-state index is 0.148. The van der Waals surface area contributed by atoms with Crippen molar-refractivity contribution in [3.8, 4) is 0 Å². The number of aromatic amines is 1. The number of fused-ring (bicyclic) bond motifs is 1. The van der Waals surface area contributed by atoms with Crippen LogP contribution in [-0.2, 0) is 0 Å². The van der Waals surface area contributed by atoms with Gasteiger partial charge in [0.1, 0.15) is 0 Å². The molecule has 1 fully saturated rings. The zero-order valence-corrected chi connectivity index (χ0v) is 9.56. The molecule has 1 aliphatic carbocycles. The third kappa shape index (κ3) is 1.93. The molecule has 0 spiro atoms. The Bertz CT molecular complexity index is 532. The number of nitrogens with zero attached hydrogens (tertiary/aromatic N) is 2. The van der Waals surface area contributed by atoms with E-state index in [2.05, 4.69) is 14.9 Å². The van der Waals surface area contributed by atoms with Crippen molar-refractivity contribution in [2.24, 2.45) is 0 Å². The third-order valence-electron chi connectivity index (χ3n) is 3.09. The Kier molecular flexibility index (Phi) is 2.40. The highest BCUT2D eigenvalue weighted by molar-refractivity contribution is 5.81. The fourth-order valence-electron chi connectivity index (χ4n) is 2.11. The molecule has 5 nitrogen and oxygen atoms in total. The van der Waals surface area contributed by atoms with Crippen LogP contribution < -0.4 is 10.6 Å². The van der Waals surface area contributed by atoms with Crippen LogP contribution in [0.15, 0.2) is 18.2 Å². The Morgan fingerprint density at radius 3 is 3.00 bits per heavy atom. The maximum absolute atomic E-state index is 9.09. The molecule has 0 radical (unpaired) electrons. The second kappa shape index (κ2) is 3.92. The Labute approximate surface area is 99.3 Å². The van der Waals surface area contributed by atoms with Gasteiger partial charge in [-0.3, -0.25) is 0 Å². The van der Waals surface area contributed by atoms with Crippen LogP contribution in [0.1, 0.15) is 12.8 Å². The summed E-state index contributed by atoms with van der Waals surface area (Å²) in [5.74, 6) is 0.835. The second-order valence-corrected chi connectivity index (χ2v) is 4.49. The molecule has 5 heteroatoms. The summed E-state index contributed by atoms with van der Waals surface area (Å²) in [4.78, 5) is 9.94. The first-order valence-corrected chi connectivity index (χ1v) is 5.90. The maximum atomic E-state index is 9.09. The van der Waals surface area contributed by atoms with Crippen molar-refractivity contribution in [2.75, 3.05) is 23.8 Å². The van der Waals surface area contributed by atoms with E-state index < -0.39 is 0 Å². The molecular formula is C12H16N4O. The first-order chi connectivity index (χ1) is 8.28. The molecule has 0 saturated heterocycles. The summed E-state index contributed by atoms with van der Waals surface area (Å²) in [6, 6.07) is 6.17. The lowest BCUT2D eigenvalue weighted by atomic mass is 10.3. The van der Waals surface area contributed by atoms with Gasteiger partial charge in [0.2, 0.25) is 5.95 Å². The number of nitrogen functional groups attached to an aromatic ring is 1. The summed E-state index contributed by atoms with van der Waals surface area (Å²) < 4.78 is 0. The summed E-state index contributed by atoms with van der Waals surface area (Å²) in [7, 11) is 0. The van der Waals surface area contributed by atoms with E-state index in [4.69, 9.17) is 10.8 Å². The lowest BCUT2D eigenvalue weighted by Gasteiger charge is -2.19. The summed E-state index contributed by atoms with van der Waals surface area (Å²) in [6.45, 7) is 0.773. The molecule has 0 bridgehead atoms. The normalized spacial score (nSPS) is 15.4. The first kappa shape index (κ1) is 10.4. The van der Waals surface area contributed by atoms with Crippen LogP contribution in [0.3, 0.4) is 0 Å². The van der Waals surface area contributed by atoms with Crippen LogP contribution in [0.4, 0.5) is 11.6 Å². The fourth-order valence-corrected chi connectivity index (χ4v) is 2.11. The van der Waals surface area contributed by atoms with Gasteiger partial charge in [0.05, 0.1) is 17.6 Å². The Morgan fingerprint density at radius 2 is 2.29 bits per heavy atom. The SMILES string of the molecule is Nc1ccc2nc(N(CCO)C3CC3)[nH]c2c1. The summed E-state index contributed by atoms with van der Waals surface area (Å²) in [6.07, 6.45) is 2.36. The average Bonchev–Trinajstić information content (AvgIpc) is 3.05. The second-order valence-electron chi connectivity index (χ2n) is 4.49. The lowest BCUT2D eigenvalue weighted by Crippen LogP contribution is -2.29. The lowest BCUT2D eigenvalue weighted by molar-refractivity contribution is 0.300. The van der Waals surface area contributed by atoms with E-state index in [1.54, 1.807) is 0 Å². The zero-order valence-electron chi connectivity index (χ0n) is 9.56. The zero-order chi connectivity index (χ0) is 11.8. The van der Waals surface area contributed by atoms with Gasteiger partial charge in [-0.05, 0) is 31.0 Å². The van der Waals surface area contributed by atoms with Crippen molar-refractivity contribution in [2.45, 2.75) is 18.9 Å². The maximum Gasteiger partial charge on any atom is 0.204 e. The van der Waals surface area contributed by atoms with Gasteiger partial charge >= 0.3 is 0 Å². The Hall–Kier alpha value is -1.75. The predicted octanol–water partition coefficient (Wildman–Crippen LogP) is 1.11. The third-order valence-corrected chi connectivity index (χ3v) is 3.09. The molecule has 0 aliphatic heterocycles. The van der Waals surface area contributed by atoms with Gasteiger partial charge in [0.25, 0.3) is 0 Å². The minimum Gasteiger partial charge on any atom is -0.399 e.